The molecular formula is C34H44F2O. The van der Waals surface area contributed by atoms with Crippen LogP contribution >= 0.6 is 0 Å². The fraction of sp³-hybridized carbons (Fsp3) is 0.529. The Morgan fingerprint density at radius 3 is 1.97 bits per heavy atom. The normalized spacial score (nSPS) is 24.3. The number of hydrogen-bond donors (Lipinski definition) is 0. The van der Waals surface area contributed by atoms with Crippen LogP contribution in [0.25, 0.3) is 0 Å². The third-order valence-corrected chi connectivity index (χ3v) is 8.74. The summed E-state index contributed by atoms with van der Waals surface area (Å²) in [6.45, 7) is 5.92. The van der Waals surface area contributed by atoms with E-state index in [2.05, 4.69) is 43.0 Å². The van der Waals surface area contributed by atoms with E-state index in [0.29, 0.717) is 12.2 Å². The van der Waals surface area contributed by atoms with Crippen LogP contribution in [0.1, 0.15) is 93.7 Å². The number of benzene rings is 2. The molecule has 0 spiro atoms. The fourth-order valence-corrected chi connectivity index (χ4v) is 6.52. The maximum Gasteiger partial charge on any atom is 0.200 e. The zero-order chi connectivity index (χ0) is 26.0. The minimum atomic E-state index is -0.829. The largest absolute Gasteiger partial charge is 0.491 e. The number of aryl methyl sites for hydroxylation is 2. The molecule has 0 bridgehead atoms. The molecule has 0 aromatic heterocycles. The summed E-state index contributed by atoms with van der Waals surface area (Å²) >= 11 is 0. The summed E-state index contributed by atoms with van der Waals surface area (Å²) in [7, 11) is 0. The van der Waals surface area contributed by atoms with Crippen molar-refractivity contribution in [1.82, 2.24) is 0 Å². The topological polar surface area (TPSA) is 9.23 Å². The molecular weight excluding hydrogens is 462 g/mol. The molecule has 2 aliphatic carbocycles. The van der Waals surface area contributed by atoms with Gasteiger partial charge in [-0.2, -0.15) is 4.39 Å². The standard InChI is InChI=1S/C34H44F2O/c1-3-5-8-25-11-13-26(14-12-25)9-6-7-10-27-15-17-28(18-16-27)29-19-21-30(22-20-29)31-23-24-32(37-4-2)34(36)33(31)35/h3,7,10-14,23-24,27-30H,1,4-6,8-9,15-22H2,2H3/b10-7+. The van der Waals surface area contributed by atoms with E-state index in [1.807, 2.05) is 6.08 Å². The van der Waals surface area contributed by atoms with Gasteiger partial charge in [0.15, 0.2) is 11.6 Å². The molecule has 0 unspecified atom stereocenters. The Labute approximate surface area is 223 Å². The molecule has 2 aromatic carbocycles. The number of ether oxygens (including phenoxy) is 1. The van der Waals surface area contributed by atoms with Gasteiger partial charge in [0.1, 0.15) is 0 Å². The Kier molecular flexibility index (Phi) is 10.4. The molecule has 0 amide bonds. The average Bonchev–Trinajstić information content (AvgIpc) is 2.94. The molecule has 4 rings (SSSR count). The van der Waals surface area contributed by atoms with Crippen LogP contribution in [-0.2, 0) is 12.8 Å². The van der Waals surface area contributed by atoms with Crippen LogP contribution in [0.3, 0.4) is 0 Å². The Balaban J connectivity index is 1.17. The van der Waals surface area contributed by atoms with Crippen LogP contribution in [0, 0.1) is 29.4 Å². The van der Waals surface area contributed by atoms with Crippen molar-refractivity contribution >= 4 is 0 Å². The van der Waals surface area contributed by atoms with Crippen molar-refractivity contribution in [2.24, 2.45) is 17.8 Å². The second kappa shape index (κ2) is 13.9. The highest BCUT2D eigenvalue weighted by molar-refractivity contribution is 5.33. The summed E-state index contributed by atoms with van der Waals surface area (Å²) in [6, 6.07) is 12.4. The van der Waals surface area contributed by atoms with E-state index >= 15 is 0 Å². The Morgan fingerprint density at radius 2 is 1.38 bits per heavy atom. The van der Waals surface area contributed by atoms with Gasteiger partial charge in [0.25, 0.3) is 0 Å². The number of rotatable bonds is 11. The molecule has 0 radical (unpaired) electrons. The van der Waals surface area contributed by atoms with Crippen molar-refractivity contribution in [1.29, 1.82) is 0 Å². The van der Waals surface area contributed by atoms with E-state index in [9.17, 15) is 8.78 Å². The Morgan fingerprint density at radius 1 is 0.784 bits per heavy atom. The molecule has 200 valence electrons. The quantitative estimate of drug-likeness (QED) is 0.276. The second-order valence-corrected chi connectivity index (χ2v) is 11.1. The molecule has 2 aromatic rings. The Hall–Kier alpha value is -2.42. The molecule has 3 heteroatoms. The fourth-order valence-electron chi connectivity index (χ4n) is 6.52. The molecule has 2 fully saturated rings. The molecule has 37 heavy (non-hydrogen) atoms. The first kappa shape index (κ1) is 27.6. The number of halogens is 2. The third-order valence-electron chi connectivity index (χ3n) is 8.74. The Bertz CT molecular complexity index is 1010. The van der Waals surface area contributed by atoms with Gasteiger partial charge < -0.3 is 4.74 Å². The smallest absolute Gasteiger partial charge is 0.200 e. The molecule has 0 atom stereocenters. The molecule has 2 saturated carbocycles. The molecule has 0 aliphatic heterocycles. The summed E-state index contributed by atoms with van der Waals surface area (Å²) in [4.78, 5) is 0. The summed E-state index contributed by atoms with van der Waals surface area (Å²) in [5, 5.41) is 0. The maximum atomic E-state index is 14.7. The van der Waals surface area contributed by atoms with Crippen LogP contribution in [0.15, 0.2) is 61.2 Å². The number of allylic oxidation sites excluding steroid dienone is 3. The summed E-state index contributed by atoms with van der Waals surface area (Å²) in [6.07, 6.45) is 20.6. The second-order valence-electron chi connectivity index (χ2n) is 11.1. The first-order valence-electron chi connectivity index (χ1n) is 14.5. The predicted octanol–water partition coefficient (Wildman–Crippen LogP) is 9.75. The lowest BCUT2D eigenvalue weighted by Gasteiger charge is -2.37. The number of hydrogen-bond acceptors (Lipinski definition) is 1. The molecule has 1 nitrogen and oxygen atoms in total. The highest BCUT2D eigenvalue weighted by atomic mass is 19.2. The monoisotopic (exact) mass is 506 g/mol. The minimum absolute atomic E-state index is 0.0248. The van der Waals surface area contributed by atoms with E-state index in [1.165, 1.54) is 36.8 Å². The summed E-state index contributed by atoms with van der Waals surface area (Å²) in [5.41, 5.74) is 3.35. The van der Waals surface area contributed by atoms with Crippen LogP contribution in [-0.4, -0.2) is 6.61 Å². The van der Waals surface area contributed by atoms with Crippen LogP contribution < -0.4 is 4.74 Å². The zero-order valence-corrected chi connectivity index (χ0v) is 22.6. The van der Waals surface area contributed by atoms with E-state index in [0.717, 1.165) is 69.1 Å². The van der Waals surface area contributed by atoms with E-state index in [-0.39, 0.29) is 11.7 Å². The third kappa shape index (κ3) is 7.55. The van der Waals surface area contributed by atoms with E-state index in [4.69, 9.17) is 4.74 Å². The molecule has 2 aliphatic rings. The van der Waals surface area contributed by atoms with Crippen molar-refractivity contribution in [3.8, 4) is 5.75 Å². The van der Waals surface area contributed by atoms with Crippen LogP contribution in [0.5, 0.6) is 5.75 Å². The van der Waals surface area contributed by atoms with Crippen LogP contribution in [0.4, 0.5) is 8.78 Å². The molecule has 0 saturated heterocycles. The molecule has 0 heterocycles. The zero-order valence-electron chi connectivity index (χ0n) is 22.6. The van der Waals surface area contributed by atoms with Gasteiger partial charge in [0.05, 0.1) is 6.61 Å². The van der Waals surface area contributed by atoms with Gasteiger partial charge in [-0.3, -0.25) is 0 Å². The SMILES string of the molecule is C=CCCc1ccc(CC/C=C/C2CCC(C3CCC(c4ccc(OCC)c(F)c4F)CC3)CC2)cc1. The molecule has 0 N–H and O–H groups in total. The van der Waals surface area contributed by atoms with E-state index < -0.39 is 11.6 Å². The van der Waals surface area contributed by atoms with Crippen molar-refractivity contribution in [2.75, 3.05) is 6.61 Å². The van der Waals surface area contributed by atoms with Crippen LogP contribution in [0.2, 0.25) is 0 Å². The van der Waals surface area contributed by atoms with Gasteiger partial charge in [0, 0.05) is 0 Å². The van der Waals surface area contributed by atoms with Gasteiger partial charge in [0.2, 0.25) is 5.82 Å². The van der Waals surface area contributed by atoms with Crippen molar-refractivity contribution in [3.05, 3.63) is 89.5 Å². The summed E-state index contributed by atoms with van der Waals surface area (Å²) in [5.74, 6) is 0.876. The first-order valence-corrected chi connectivity index (χ1v) is 14.5. The minimum Gasteiger partial charge on any atom is -0.491 e. The van der Waals surface area contributed by atoms with Crippen molar-refractivity contribution in [3.63, 3.8) is 0 Å². The van der Waals surface area contributed by atoms with Gasteiger partial charge in [-0.05, 0) is 130 Å². The lowest BCUT2D eigenvalue weighted by Crippen LogP contribution is -2.25. The van der Waals surface area contributed by atoms with Crippen molar-refractivity contribution < 1.29 is 13.5 Å². The van der Waals surface area contributed by atoms with Crippen molar-refractivity contribution in [2.45, 2.75) is 89.9 Å². The lowest BCUT2D eigenvalue weighted by atomic mass is 9.68. The summed E-state index contributed by atoms with van der Waals surface area (Å²) < 4.78 is 34.2. The lowest BCUT2D eigenvalue weighted by molar-refractivity contribution is 0.170. The average molecular weight is 507 g/mol. The van der Waals surface area contributed by atoms with Gasteiger partial charge in [-0.15, -0.1) is 6.58 Å². The highest BCUT2D eigenvalue weighted by Crippen LogP contribution is 2.45. The first-order chi connectivity index (χ1) is 18.1. The van der Waals surface area contributed by atoms with Gasteiger partial charge in [-0.25, -0.2) is 4.39 Å². The van der Waals surface area contributed by atoms with E-state index in [1.54, 1.807) is 19.1 Å². The van der Waals surface area contributed by atoms with Gasteiger partial charge >= 0.3 is 0 Å². The predicted molar refractivity (Wildman–Crippen MR) is 150 cm³/mol. The highest BCUT2D eigenvalue weighted by Gasteiger charge is 2.32. The van der Waals surface area contributed by atoms with Gasteiger partial charge in [-0.1, -0.05) is 48.6 Å². The maximum absolute atomic E-state index is 14.7.